The number of rotatable bonds is 5. The normalized spacial score (nSPS) is 11.7. The minimum atomic E-state index is -3.85. The van der Waals surface area contributed by atoms with Gasteiger partial charge in [-0.25, -0.2) is 8.42 Å². The van der Waals surface area contributed by atoms with Crippen LogP contribution < -0.4 is 14.8 Å². The Kier molecular flexibility index (Phi) is 5.98. The van der Waals surface area contributed by atoms with Gasteiger partial charge in [-0.3, -0.25) is 9.52 Å². The van der Waals surface area contributed by atoms with E-state index in [1.165, 1.54) is 13.2 Å². The molecule has 1 amide bonds. The topological polar surface area (TPSA) is 84.5 Å². The Bertz CT molecular complexity index is 904. The SMILES string of the molecule is COc1ccc(Br)cc1S(=O)(=O)Nc1ccc(C(=O)NC(C)(C)C)cc1. The van der Waals surface area contributed by atoms with Gasteiger partial charge in [0.1, 0.15) is 10.6 Å². The Labute approximate surface area is 162 Å². The van der Waals surface area contributed by atoms with Gasteiger partial charge >= 0.3 is 0 Å². The molecule has 0 spiro atoms. The molecule has 140 valence electrons. The Balaban J connectivity index is 2.23. The third-order valence-corrected chi connectivity index (χ3v) is 5.20. The first-order chi connectivity index (χ1) is 12.0. The summed E-state index contributed by atoms with van der Waals surface area (Å²) in [5, 5.41) is 2.85. The van der Waals surface area contributed by atoms with Crippen LogP contribution in [0.1, 0.15) is 31.1 Å². The molecule has 0 heterocycles. The third-order valence-electron chi connectivity index (χ3n) is 3.30. The fourth-order valence-electron chi connectivity index (χ4n) is 2.17. The van der Waals surface area contributed by atoms with Crippen LogP contribution in [-0.2, 0) is 10.0 Å². The first-order valence-corrected chi connectivity index (χ1v) is 10.1. The molecule has 0 radical (unpaired) electrons. The molecule has 2 aromatic carbocycles. The highest BCUT2D eigenvalue weighted by Crippen LogP contribution is 2.29. The molecular formula is C18H21BrN2O4S. The molecule has 0 aliphatic heterocycles. The fourth-order valence-corrected chi connectivity index (χ4v) is 3.94. The molecule has 0 fully saturated rings. The van der Waals surface area contributed by atoms with E-state index in [9.17, 15) is 13.2 Å². The zero-order chi connectivity index (χ0) is 19.5. The van der Waals surface area contributed by atoms with Gasteiger partial charge in [0, 0.05) is 21.3 Å². The van der Waals surface area contributed by atoms with Gasteiger partial charge in [0.25, 0.3) is 15.9 Å². The highest BCUT2D eigenvalue weighted by Gasteiger charge is 2.20. The number of sulfonamides is 1. The predicted molar refractivity (Wildman–Crippen MR) is 105 cm³/mol. The number of hydrogen-bond acceptors (Lipinski definition) is 4. The average molecular weight is 441 g/mol. The number of amides is 1. The third kappa shape index (κ3) is 5.22. The van der Waals surface area contributed by atoms with Crippen LogP contribution in [0.25, 0.3) is 0 Å². The van der Waals surface area contributed by atoms with Gasteiger partial charge in [0.15, 0.2) is 0 Å². The van der Waals surface area contributed by atoms with Gasteiger partial charge in [-0.15, -0.1) is 0 Å². The van der Waals surface area contributed by atoms with E-state index in [-0.39, 0.29) is 22.1 Å². The summed E-state index contributed by atoms with van der Waals surface area (Å²) in [6.07, 6.45) is 0. The fraction of sp³-hybridized carbons (Fsp3) is 0.278. The first-order valence-electron chi connectivity index (χ1n) is 7.81. The number of methoxy groups -OCH3 is 1. The van der Waals surface area contributed by atoms with Gasteiger partial charge < -0.3 is 10.1 Å². The molecule has 0 saturated carbocycles. The van der Waals surface area contributed by atoms with E-state index >= 15 is 0 Å². The average Bonchev–Trinajstić information content (AvgIpc) is 2.53. The number of ether oxygens (including phenoxy) is 1. The second-order valence-electron chi connectivity index (χ2n) is 6.68. The van der Waals surface area contributed by atoms with E-state index in [4.69, 9.17) is 4.74 Å². The highest BCUT2D eigenvalue weighted by atomic mass is 79.9. The molecule has 8 heteroatoms. The molecule has 2 N–H and O–H groups in total. The Morgan fingerprint density at radius 1 is 1.08 bits per heavy atom. The zero-order valence-electron chi connectivity index (χ0n) is 15.0. The molecule has 0 unspecified atom stereocenters. The summed E-state index contributed by atoms with van der Waals surface area (Å²) in [6, 6.07) is 10.9. The van der Waals surface area contributed by atoms with Gasteiger partial charge in [-0.1, -0.05) is 15.9 Å². The summed E-state index contributed by atoms with van der Waals surface area (Å²) in [5.74, 6) is 0.0161. The molecule has 0 atom stereocenters. The van der Waals surface area contributed by atoms with Gasteiger partial charge in [-0.05, 0) is 63.2 Å². The summed E-state index contributed by atoms with van der Waals surface area (Å²) in [7, 11) is -2.44. The summed E-state index contributed by atoms with van der Waals surface area (Å²) >= 11 is 3.26. The van der Waals surface area contributed by atoms with Crippen molar-refractivity contribution in [2.24, 2.45) is 0 Å². The van der Waals surface area contributed by atoms with Crippen molar-refractivity contribution in [2.75, 3.05) is 11.8 Å². The van der Waals surface area contributed by atoms with Crippen LogP contribution in [0.15, 0.2) is 51.8 Å². The van der Waals surface area contributed by atoms with Crippen molar-refractivity contribution < 1.29 is 17.9 Å². The second kappa shape index (κ2) is 7.67. The molecule has 0 aliphatic carbocycles. The van der Waals surface area contributed by atoms with Crippen LogP contribution in [0.2, 0.25) is 0 Å². The van der Waals surface area contributed by atoms with Gasteiger partial charge in [-0.2, -0.15) is 0 Å². The number of benzene rings is 2. The number of nitrogens with one attached hydrogen (secondary N) is 2. The van der Waals surface area contributed by atoms with Crippen LogP contribution in [-0.4, -0.2) is 27.0 Å². The Morgan fingerprint density at radius 3 is 2.23 bits per heavy atom. The lowest BCUT2D eigenvalue weighted by Crippen LogP contribution is -2.40. The van der Waals surface area contributed by atoms with Crippen molar-refractivity contribution in [1.29, 1.82) is 0 Å². The summed E-state index contributed by atoms with van der Waals surface area (Å²) in [6.45, 7) is 5.66. The van der Waals surface area contributed by atoms with Gasteiger partial charge in [0.2, 0.25) is 0 Å². The monoisotopic (exact) mass is 440 g/mol. The predicted octanol–water partition coefficient (Wildman–Crippen LogP) is 3.79. The maximum Gasteiger partial charge on any atom is 0.265 e. The van der Waals surface area contributed by atoms with Crippen molar-refractivity contribution in [3.05, 3.63) is 52.5 Å². The number of carbonyl (C=O) groups is 1. The largest absolute Gasteiger partial charge is 0.495 e. The smallest absolute Gasteiger partial charge is 0.265 e. The Morgan fingerprint density at radius 2 is 1.69 bits per heavy atom. The molecule has 0 aliphatic rings. The lowest BCUT2D eigenvalue weighted by atomic mass is 10.1. The van der Waals surface area contributed by atoms with E-state index in [1.54, 1.807) is 36.4 Å². The first kappa shape index (κ1) is 20.3. The maximum atomic E-state index is 12.6. The van der Waals surface area contributed by atoms with Crippen LogP contribution >= 0.6 is 15.9 Å². The van der Waals surface area contributed by atoms with Crippen molar-refractivity contribution in [2.45, 2.75) is 31.2 Å². The van der Waals surface area contributed by atoms with Crippen LogP contribution in [0.4, 0.5) is 5.69 Å². The lowest BCUT2D eigenvalue weighted by Gasteiger charge is -2.20. The molecule has 26 heavy (non-hydrogen) atoms. The van der Waals surface area contributed by atoms with E-state index in [1.807, 2.05) is 20.8 Å². The molecule has 0 saturated heterocycles. The van der Waals surface area contributed by atoms with Crippen LogP contribution in [0.5, 0.6) is 5.75 Å². The molecular weight excluding hydrogens is 420 g/mol. The summed E-state index contributed by atoms with van der Waals surface area (Å²) < 4.78 is 33.5. The van der Waals surface area contributed by atoms with Crippen LogP contribution in [0.3, 0.4) is 0 Å². The standard InChI is InChI=1S/C18H21BrN2O4S/c1-18(2,3)20-17(22)12-5-8-14(9-6-12)21-26(23,24)16-11-13(19)7-10-15(16)25-4/h5-11,21H,1-4H3,(H,20,22). The summed E-state index contributed by atoms with van der Waals surface area (Å²) in [4.78, 5) is 12.1. The highest BCUT2D eigenvalue weighted by molar-refractivity contribution is 9.10. The minimum absolute atomic E-state index is 0.0175. The van der Waals surface area contributed by atoms with E-state index < -0.39 is 10.0 Å². The van der Waals surface area contributed by atoms with Gasteiger partial charge in [0.05, 0.1) is 7.11 Å². The molecule has 2 aromatic rings. The van der Waals surface area contributed by atoms with Crippen molar-refractivity contribution >= 4 is 37.5 Å². The minimum Gasteiger partial charge on any atom is -0.495 e. The zero-order valence-corrected chi connectivity index (χ0v) is 17.4. The van der Waals surface area contributed by atoms with Crippen molar-refractivity contribution in [3.8, 4) is 5.75 Å². The molecule has 2 rings (SSSR count). The Hall–Kier alpha value is -2.06. The second-order valence-corrected chi connectivity index (χ2v) is 9.25. The molecule has 0 bridgehead atoms. The number of halogens is 1. The van der Waals surface area contributed by atoms with E-state index in [0.717, 1.165) is 0 Å². The quantitative estimate of drug-likeness (QED) is 0.740. The molecule has 0 aromatic heterocycles. The van der Waals surface area contributed by atoms with E-state index in [2.05, 4.69) is 26.0 Å². The van der Waals surface area contributed by atoms with Crippen molar-refractivity contribution in [1.82, 2.24) is 5.32 Å². The maximum absolute atomic E-state index is 12.6. The van der Waals surface area contributed by atoms with Crippen LogP contribution in [0, 0.1) is 0 Å². The van der Waals surface area contributed by atoms with Crippen molar-refractivity contribution in [3.63, 3.8) is 0 Å². The lowest BCUT2D eigenvalue weighted by molar-refractivity contribution is 0.0919. The summed E-state index contributed by atoms with van der Waals surface area (Å²) in [5.41, 5.74) is 0.441. The number of anilines is 1. The molecule has 6 nitrogen and oxygen atoms in total. The number of hydrogen-bond donors (Lipinski definition) is 2. The van der Waals surface area contributed by atoms with E-state index in [0.29, 0.717) is 15.7 Å². The number of carbonyl (C=O) groups excluding carboxylic acids is 1.